The number of nitrogens with one attached hydrogen (secondary N) is 1. The van der Waals surface area contributed by atoms with Crippen molar-refractivity contribution < 1.29 is 4.79 Å². The molecule has 0 spiro atoms. The zero-order valence-electron chi connectivity index (χ0n) is 9.94. The highest BCUT2D eigenvalue weighted by Gasteiger charge is 2.00. The van der Waals surface area contributed by atoms with E-state index >= 15 is 0 Å². The van der Waals surface area contributed by atoms with Crippen LogP contribution < -0.4 is 5.32 Å². The lowest BCUT2D eigenvalue weighted by Crippen LogP contribution is -1.95. The second-order valence-electron chi connectivity index (χ2n) is 3.84. The zero-order chi connectivity index (χ0) is 13.7. The topological polar surface area (TPSA) is 29.1 Å². The third-order valence-electron chi connectivity index (χ3n) is 2.46. The van der Waals surface area contributed by atoms with Crippen molar-refractivity contribution in [3.63, 3.8) is 0 Å². The minimum Gasteiger partial charge on any atom is -0.362 e. The Bertz CT molecular complexity index is 609. The molecule has 1 N–H and O–H groups in total. The van der Waals surface area contributed by atoms with Gasteiger partial charge in [0.2, 0.25) is 0 Å². The molecule has 2 aromatic carbocycles. The van der Waals surface area contributed by atoms with Crippen LogP contribution in [0.1, 0.15) is 10.4 Å². The first-order chi connectivity index (χ1) is 9.16. The van der Waals surface area contributed by atoms with Crippen LogP contribution in [-0.4, -0.2) is 5.78 Å². The van der Waals surface area contributed by atoms with E-state index in [4.69, 9.17) is 23.2 Å². The lowest BCUT2D eigenvalue weighted by Gasteiger charge is -2.02. The Hall–Kier alpha value is -1.77. The van der Waals surface area contributed by atoms with Crippen molar-refractivity contribution >= 4 is 34.7 Å². The summed E-state index contributed by atoms with van der Waals surface area (Å²) in [5.74, 6) is -0.0619. The van der Waals surface area contributed by atoms with Crippen molar-refractivity contribution in [1.29, 1.82) is 0 Å². The molecule has 0 aliphatic rings. The molecule has 0 atom stereocenters. The van der Waals surface area contributed by atoms with E-state index in [2.05, 4.69) is 5.32 Å². The van der Waals surface area contributed by atoms with Crippen LogP contribution in [0.3, 0.4) is 0 Å². The Balaban J connectivity index is 2.00. The fraction of sp³-hybridized carbons (Fsp3) is 0. The van der Waals surface area contributed by atoms with Gasteiger partial charge in [-0.3, -0.25) is 4.79 Å². The van der Waals surface area contributed by atoms with Gasteiger partial charge in [-0.15, -0.1) is 0 Å². The van der Waals surface area contributed by atoms with Crippen LogP contribution in [-0.2, 0) is 0 Å². The summed E-state index contributed by atoms with van der Waals surface area (Å²) >= 11 is 11.7. The van der Waals surface area contributed by atoms with Gasteiger partial charge in [-0.05, 0) is 18.2 Å². The van der Waals surface area contributed by atoms with Crippen molar-refractivity contribution in [2.75, 3.05) is 5.32 Å². The van der Waals surface area contributed by atoms with Gasteiger partial charge < -0.3 is 5.32 Å². The first-order valence-corrected chi connectivity index (χ1v) is 6.40. The molecule has 2 aromatic rings. The summed E-state index contributed by atoms with van der Waals surface area (Å²) in [6.45, 7) is 0. The summed E-state index contributed by atoms with van der Waals surface area (Å²) < 4.78 is 0. The maximum absolute atomic E-state index is 11.8. The van der Waals surface area contributed by atoms with Crippen LogP contribution in [0.5, 0.6) is 0 Å². The normalized spacial score (nSPS) is 10.6. The highest BCUT2D eigenvalue weighted by Crippen LogP contribution is 2.24. The van der Waals surface area contributed by atoms with E-state index in [-0.39, 0.29) is 5.78 Å². The summed E-state index contributed by atoms with van der Waals surface area (Å²) in [5, 5.41) is 3.93. The van der Waals surface area contributed by atoms with E-state index in [1.165, 1.54) is 6.08 Å². The number of anilines is 1. The van der Waals surface area contributed by atoms with Crippen LogP contribution >= 0.6 is 23.2 Å². The molecule has 96 valence electrons. The van der Waals surface area contributed by atoms with E-state index in [9.17, 15) is 4.79 Å². The molecule has 0 bridgehead atoms. The number of benzene rings is 2. The summed E-state index contributed by atoms with van der Waals surface area (Å²) in [5.41, 5.74) is 1.42. The highest BCUT2D eigenvalue weighted by atomic mass is 35.5. The molecule has 0 aliphatic heterocycles. The zero-order valence-corrected chi connectivity index (χ0v) is 11.4. The Morgan fingerprint density at radius 3 is 2.42 bits per heavy atom. The molecule has 2 rings (SSSR count). The first-order valence-electron chi connectivity index (χ1n) is 5.64. The molecule has 0 saturated carbocycles. The van der Waals surface area contributed by atoms with Gasteiger partial charge in [0, 0.05) is 23.5 Å². The molecule has 0 aromatic heterocycles. The molecule has 4 heteroatoms. The predicted octanol–water partition coefficient (Wildman–Crippen LogP) is 4.80. The lowest BCUT2D eigenvalue weighted by molar-refractivity contribution is 0.104. The van der Waals surface area contributed by atoms with Crippen molar-refractivity contribution in [2.24, 2.45) is 0 Å². The standard InChI is InChI=1S/C15H11Cl2NO/c16-13-7-6-12(10-14(13)17)18-9-8-15(19)11-4-2-1-3-5-11/h1-10,18H/b9-8+. The molecular weight excluding hydrogens is 281 g/mol. The number of carbonyl (C=O) groups is 1. The van der Waals surface area contributed by atoms with Crippen molar-refractivity contribution in [3.8, 4) is 0 Å². The van der Waals surface area contributed by atoms with Crippen LogP contribution in [0.25, 0.3) is 0 Å². The minimum absolute atomic E-state index is 0.0619. The summed E-state index contributed by atoms with van der Waals surface area (Å²) in [6.07, 6.45) is 3.05. The van der Waals surface area contributed by atoms with Gasteiger partial charge in [0.25, 0.3) is 0 Å². The van der Waals surface area contributed by atoms with Crippen molar-refractivity contribution in [2.45, 2.75) is 0 Å². The van der Waals surface area contributed by atoms with Gasteiger partial charge in [-0.1, -0.05) is 53.5 Å². The van der Waals surface area contributed by atoms with Crippen molar-refractivity contribution in [3.05, 3.63) is 76.4 Å². The molecule has 0 aliphatic carbocycles. The molecule has 0 heterocycles. The van der Waals surface area contributed by atoms with Crippen LogP contribution in [0.2, 0.25) is 10.0 Å². The molecular formula is C15H11Cl2NO. The van der Waals surface area contributed by atoms with Crippen LogP contribution in [0.15, 0.2) is 60.8 Å². The average Bonchev–Trinajstić information content (AvgIpc) is 2.43. The number of hydrogen-bond donors (Lipinski definition) is 1. The van der Waals surface area contributed by atoms with Gasteiger partial charge >= 0.3 is 0 Å². The number of allylic oxidation sites excluding steroid dienone is 1. The monoisotopic (exact) mass is 291 g/mol. The molecule has 0 saturated heterocycles. The maximum Gasteiger partial charge on any atom is 0.187 e. The molecule has 0 radical (unpaired) electrons. The second-order valence-corrected chi connectivity index (χ2v) is 4.65. The number of ketones is 1. The summed E-state index contributed by atoms with van der Waals surface area (Å²) in [6, 6.07) is 14.2. The fourth-order valence-electron chi connectivity index (χ4n) is 1.50. The third-order valence-corrected chi connectivity index (χ3v) is 3.20. The number of hydrogen-bond acceptors (Lipinski definition) is 2. The smallest absolute Gasteiger partial charge is 0.187 e. The largest absolute Gasteiger partial charge is 0.362 e. The Kier molecular flexibility index (Phi) is 4.61. The molecule has 19 heavy (non-hydrogen) atoms. The quantitative estimate of drug-likeness (QED) is 0.647. The van der Waals surface area contributed by atoms with Gasteiger partial charge in [-0.25, -0.2) is 0 Å². The van der Waals surface area contributed by atoms with Crippen LogP contribution in [0.4, 0.5) is 5.69 Å². The third kappa shape index (κ3) is 3.85. The molecule has 0 amide bonds. The molecule has 2 nitrogen and oxygen atoms in total. The Labute approximate surface area is 121 Å². The van der Waals surface area contributed by atoms with Gasteiger partial charge in [-0.2, -0.15) is 0 Å². The van der Waals surface area contributed by atoms with Crippen molar-refractivity contribution in [1.82, 2.24) is 0 Å². The Morgan fingerprint density at radius 2 is 1.74 bits per heavy atom. The predicted molar refractivity (Wildman–Crippen MR) is 80.0 cm³/mol. The van der Waals surface area contributed by atoms with E-state index in [0.717, 1.165) is 5.69 Å². The van der Waals surface area contributed by atoms with E-state index in [1.54, 1.807) is 36.5 Å². The average molecular weight is 292 g/mol. The second kappa shape index (κ2) is 6.41. The van der Waals surface area contributed by atoms with Crippen LogP contribution in [0, 0.1) is 0 Å². The highest BCUT2D eigenvalue weighted by molar-refractivity contribution is 6.42. The molecule has 0 unspecified atom stereocenters. The molecule has 0 fully saturated rings. The maximum atomic E-state index is 11.8. The van der Waals surface area contributed by atoms with E-state index < -0.39 is 0 Å². The van der Waals surface area contributed by atoms with Gasteiger partial charge in [0.1, 0.15) is 0 Å². The van der Waals surface area contributed by atoms with E-state index in [0.29, 0.717) is 15.6 Å². The SMILES string of the molecule is O=C(/C=C/Nc1ccc(Cl)c(Cl)c1)c1ccccc1. The van der Waals surface area contributed by atoms with Gasteiger partial charge in [0.15, 0.2) is 5.78 Å². The van der Waals surface area contributed by atoms with Gasteiger partial charge in [0.05, 0.1) is 10.0 Å². The fourth-order valence-corrected chi connectivity index (χ4v) is 1.80. The lowest BCUT2D eigenvalue weighted by atomic mass is 10.1. The number of rotatable bonds is 4. The number of carbonyl (C=O) groups excluding carboxylic acids is 1. The first kappa shape index (κ1) is 13.7. The summed E-state index contributed by atoms with van der Waals surface area (Å²) in [4.78, 5) is 11.8. The minimum atomic E-state index is -0.0619. The number of halogens is 2. The Morgan fingerprint density at radius 1 is 1.00 bits per heavy atom. The summed E-state index contributed by atoms with van der Waals surface area (Å²) in [7, 11) is 0. The van der Waals surface area contributed by atoms with E-state index in [1.807, 2.05) is 18.2 Å².